The van der Waals surface area contributed by atoms with Gasteiger partial charge in [0.1, 0.15) is 41.7 Å². The second-order valence-corrected chi connectivity index (χ2v) is 12.2. The molecule has 4 bridgehead atoms. The molecule has 0 radical (unpaired) electrons. The van der Waals surface area contributed by atoms with Gasteiger partial charge in [-0.3, -0.25) is 9.13 Å². The number of methoxy groups -OCH3 is 2. The van der Waals surface area contributed by atoms with Crippen molar-refractivity contribution in [1.29, 1.82) is 0 Å². The zero-order valence-electron chi connectivity index (χ0n) is 21.8. The lowest BCUT2D eigenvalue weighted by Gasteiger charge is -2.37. The number of fused-ring (bicyclic) bond motifs is 4. The van der Waals surface area contributed by atoms with E-state index in [2.05, 4.69) is 9.05 Å². The van der Waals surface area contributed by atoms with Crippen molar-refractivity contribution in [2.75, 3.05) is 48.3 Å². The van der Waals surface area contributed by atoms with E-state index in [4.69, 9.17) is 37.5 Å². The summed E-state index contributed by atoms with van der Waals surface area (Å²) in [7, 11) is -3.69. The molecule has 0 amide bonds. The first-order valence-corrected chi connectivity index (χ1v) is 14.5. The van der Waals surface area contributed by atoms with Crippen molar-refractivity contribution < 1.29 is 70.5 Å². The molecule has 0 spiro atoms. The molecule has 12 atom stereocenters. The van der Waals surface area contributed by atoms with E-state index in [9.17, 15) is 24.0 Å². The topological polar surface area (TPSA) is 193 Å². The van der Waals surface area contributed by atoms with Crippen LogP contribution < -0.4 is 9.79 Å². The first-order chi connectivity index (χ1) is 17.3. The fourth-order valence-corrected chi connectivity index (χ4v) is 6.62. The van der Waals surface area contributed by atoms with E-state index in [0.717, 1.165) is 14.2 Å². The Hall–Kier alpha value is -0.0600. The van der Waals surface area contributed by atoms with Gasteiger partial charge in [-0.05, 0) is 20.8 Å². The van der Waals surface area contributed by atoms with Gasteiger partial charge in [0.2, 0.25) is 0 Å². The molecular formula is C22H44O15P2-2. The lowest BCUT2D eigenvalue weighted by molar-refractivity contribution is -0.235. The highest BCUT2D eigenvalue weighted by atomic mass is 31.2. The highest BCUT2D eigenvalue weighted by Gasteiger charge is 2.67. The molecule has 4 rings (SSSR count). The average Bonchev–Trinajstić information content (AvgIpc) is 3.45. The van der Waals surface area contributed by atoms with Crippen LogP contribution in [0.15, 0.2) is 0 Å². The molecule has 4 aliphatic rings. The van der Waals surface area contributed by atoms with Crippen LogP contribution in [0.5, 0.6) is 0 Å². The summed E-state index contributed by atoms with van der Waals surface area (Å²) in [5.41, 5.74) is -2.16. The molecule has 0 saturated carbocycles. The molecule has 17 heteroatoms. The number of aliphatic hydroxyl groups excluding tert-OH is 1. The summed E-state index contributed by atoms with van der Waals surface area (Å²) >= 11 is 0. The summed E-state index contributed by atoms with van der Waals surface area (Å²) in [5.74, 6) is 0. The molecule has 4 heterocycles. The largest absolute Gasteiger partial charge is 0.756 e. The van der Waals surface area contributed by atoms with Crippen LogP contribution in [-0.4, -0.2) is 113 Å². The SMILES string of the molecule is C.C.COC[C@H]1O[C@H]2[C@H](C)O[C@@]1(COC)[C@H]2OP(=O)([O-])OC.COP(=O)([O-])O[C@H]1[C@H]2O[C@H](C)[C@@]1(CO)O[C@H]2C. The van der Waals surface area contributed by atoms with Gasteiger partial charge < -0.3 is 61.4 Å². The fraction of sp³-hybridized carbons (Fsp3) is 1.00. The lowest BCUT2D eigenvalue weighted by Crippen LogP contribution is -2.53. The molecule has 234 valence electrons. The van der Waals surface area contributed by atoms with Crippen molar-refractivity contribution in [3.05, 3.63) is 0 Å². The minimum atomic E-state index is -4.40. The summed E-state index contributed by atoms with van der Waals surface area (Å²) in [6, 6.07) is 0. The normalized spacial score (nSPS) is 43.0. The zero-order valence-corrected chi connectivity index (χ0v) is 23.6. The minimum Gasteiger partial charge on any atom is -0.756 e. The van der Waals surface area contributed by atoms with Crippen LogP contribution in [-0.2, 0) is 55.6 Å². The molecule has 0 aromatic rings. The van der Waals surface area contributed by atoms with E-state index in [1.165, 1.54) is 14.2 Å². The van der Waals surface area contributed by atoms with E-state index in [1.807, 2.05) is 0 Å². The van der Waals surface area contributed by atoms with Crippen LogP contribution in [0.2, 0.25) is 0 Å². The van der Waals surface area contributed by atoms with E-state index >= 15 is 0 Å². The monoisotopic (exact) mass is 610 g/mol. The summed E-state index contributed by atoms with van der Waals surface area (Å²) in [5, 5.41) is 9.45. The molecule has 0 aliphatic carbocycles. The van der Waals surface area contributed by atoms with Crippen molar-refractivity contribution in [2.24, 2.45) is 0 Å². The van der Waals surface area contributed by atoms with Crippen LogP contribution in [0.25, 0.3) is 0 Å². The van der Waals surface area contributed by atoms with Gasteiger partial charge in [0.15, 0.2) is 0 Å². The molecular weight excluding hydrogens is 566 g/mol. The summed E-state index contributed by atoms with van der Waals surface area (Å²) in [6.45, 7) is 5.26. The Kier molecular flexibility index (Phi) is 13.2. The van der Waals surface area contributed by atoms with Crippen LogP contribution in [0.1, 0.15) is 35.6 Å². The second kappa shape index (κ2) is 13.9. The van der Waals surface area contributed by atoms with Crippen LogP contribution >= 0.6 is 15.6 Å². The Labute approximate surface area is 230 Å². The van der Waals surface area contributed by atoms with Crippen LogP contribution in [0.3, 0.4) is 0 Å². The molecule has 15 nitrogen and oxygen atoms in total. The van der Waals surface area contributed by atoms with Gasteiger partial charge in [-0.15, -0.1) is 0 Å². The minimum absolute atomic E-state index is 0. The third-order valence-electron chi connectivity index (χ3n) is 7.08. The smallest absolute Gasteiger partial charge is 0.268 e. The molecule has 4 saturated heterocycles. The molecule has 1 N–H and O–H groups in total. The van der Waals surface area contributed by atoms with Gasteiger partial charge in [0.25, 0.3) is 15.6 Å². The number of hydrogen-bond acceptors (Lipinski definition) is 15. The quantitative estimate of drug-likeness (QED) is 0.316. The van der Waals surface area contributed by atoms with E-state index < -0.39 is 63.5 Å². The van der Waals surface area contributed by atoms with Crippen molar-refractivity contribution in [3.8, 4) is 0 Å². The summed E-state index contributed by atoms with van der Waals surface area (Å²) < 4.78 is 74.7. The molecule has 0 aromatic carbocycles. The Bertz CT molecular complexity index is 878. The predicted octanol–water partition coefficient (Wildman–Crippen LogP) is 0.400. The first-order valence-electron chi connectivity index (χ1n) is 11.6. The summed E-state index contributed by atoms with van der Waals surface area (Å²) in [4.78, 5) is 22.9. The highest BCUT2D eigenvalue weighted by Crippen LogP contribution is 2.53. The maximum Gasteiger partial charge on any atom is 0.268 e. The Morgan fingerprint density at radius 2 is 1.26 bits per heavy atom. The number of rotatable bonds is 11. The predicted molar refractivity (Wildman–Crippen MR) is 133 cm³/mol. The number of phosphoric acid groups is 2. The van der Waals surface area contributed by atoms with Gasteiger partial charge in [-0.2, -0.15) is 0 Å². The zero-order chi connectivity index (χ0) is 27.8. The lowest BCUT2D eigenvalue weighted by atomic mass is 9.93. The maximum absolute atomic E-state index is 11.6. The third-order valence-corrected chi connectivity index (χ3v) is 8.94. The van der Waals surface area contributed by atoms with Gasteiger partial charge in [-0.1, -0.05) is 14.9 Å². The maximum atomic E-state index is 11.6. The second-order valence-electron chi connectivity index (χ2n) is 9.25. The Morgan fingerprint density at radius 3 is 1.69 bits per heavy atom. The van der Waals surface area contributed by atoms with E-state index in [0.29, 0.717) is 0 Å². The average molecular weight is 611 g/mol. The van der Waals surface area contributed by atoms with Crippen LogP contribution in [0.4, 0.5) is 0 Å². The van der Waals surface area contributed by atoms with Crippen molar-refractivity contribution in [3.63, 3.8) is 0 Å². The van der Waals surface area contributed by atoms with Gasteiger partial charge >= 0.3 is 0 Å². The van der Waals surface area contributed by atoms with Gasteiger partial charge in [-0.25, -0.2) is 0 Å². The van der Waals surface area contributed by atoms with E-state index in [-0.39, 0.29) is 46.9 Å². The van der Waals surface area contributed by atoms with Crippen molar-refractivity contribution in [2.45, 2.75) is 95.7 Å². The molecule has 0 aromatic heterocycles. The van der Waals surface area contributed by atoms with Gasteiger partial charge in [0.05, 0.1) is 38.1 Å². The fourth-order valence-electron chi connectivity index (χ4n) is 5.30. The standard InChI is InChI=1S/C11H21O8P.C9H17O7P.2CH4/c1-7-9-10(19-20(12,13)16-4)11(18-7,6-15-3)8(17-9)5-14-2;1-5-7-8(16-17(11,12)13-3)9(4-10,15-5)6(2)14-7;;/h7-10H,5-6H2,1-4H3,(H,12,13);5-8,10H,4H2,1-3H3,(H,11,12);2*1H4/p-2/t7-,8+,9-,10-,11+;5-,6+,7-,8-,9+;;/m00../s1. The molecule has 4 aliphatic heterocycles. The summed E-state index contributed by atoms with van der Waals surface area (Å²) in [6.07, 6.45) is -4.26. The van der Waals surface area contributed by atoms with Crippen LogP contribution in [0, 0.1) is 0 Å². The van der Waals surface area contributed by atoms with Crippen molar-refractivity contribution >= 4 is 15.6 Å². The molecule has 2 unspecified atom stereocenters. The number of ether oxygens (including phenoxy) is 6. The van der Waals surface area contributed by atoms with E-state index in [1.54, 1.807) is 20.8 Å². The number of phosphoric ester groups is 2. The van der Waals surface area contributed by atoms with Crippen molar-refractivity contribution in [1.82, 2.24) is 0 Å². The Balaban J connectivity index is 0.000000375. The first kappa shape index (κ1) is 37.0. The Morgan fingerprint density at radius 1 is 0.795 bits per heavy atom. The molecule has 4 fully saturated rings. The number of hydrogen-bond donors (Lipinski definition) is 1. The van der Waals surface area contributed by atoms with Gasteiger partial charge in [0, 0.05) is 28.4 Å². The third kappa shape index (κ3) is 6.96. The highest BCUT2D eigenvalue weighted by molar-refractivity contribution is 7.46. The number of aliphatic hydroxyl groups is 1. The molecule has 39 heavy (non-hydrogen) atoms.